The summed E-state index contributed by atoms with van der Waals surface area (Å²) in [7, 11) is -10.2. The number of nitrogens with two attached hydrogens (primary N) is 8. The first-order valence-electron chi connectivity index (χ1n) is 29.8. The third kappa shape index (κ3) is 15.2. The summed E-state index contributed by atoms with van der Waals surface area (Å²) in [4.78, 5) is 49.0. The first-order chi connectivity index (χ1) is 44.3. The fourth-order valence-corrected chi connectivity index (χ4v) is 13.7. The van der Waals surface area contributed by atoms with E-state index in [-0.39, 0.29) is 81.1 Å². The van der Waals surface area contributed by atoms with Gasteiger partial charge in [-0.2, -0.15) is 0 Å². The van der Waals surface area contributed by atoms with Crippen molar-refractivity contribution in [1.82, 2.24) is 54.0 Å². The van der Waals surface area contributed by atoms with E-state index in [2.05, 4.69) is 40.2 Å². The van der Waals surface area contributed by atoms with Gasteiger partial charge in [-0.3, -0.25) is 22.7 Å². The minimum atomic E-state index is -5.12. The maximum Gasteiger partial charge on any atom is 0.472 e. The van der Waals surface area contributed by atoms with Crippen LogP contribution in [0.1, 0.15) is 50.3 Å². The molecule has 5 aliphatic heterocycles. The fraction of sp³-hybridized carbons (Fsp3) is 0.755. The Labute approximate surface area is 527 Å². The molecule has 0 amide bonds. The molecule has 44 heteroatoms. The largest absolute Gasteiger partial charge is 0.756 e. The average Bonchev–Trinajstić information content (AvgIpc) is 2.24. The van der Waals surface area contributed by atoms with Crippen molar-refractivity contribution >= 4 is 49.6 Å². The van der Waals surface area contributed by atoms with Crippen molar-refractivity contribution in [3.8, 4) is 0 Å². The molecule has 0 spiro atoms. The highest BCUT2D eigenvalue weighted by Gasteiger charge is 2.55. The Morgan fingerprint density at radius 3 is 1.76 bits per heavy atom. The quantitative estimate of drug-likeness (QED) is 0.0181. The molecule has 2 unspecified atom stereocenters. The number of nitrogen functional groups attached to an aromatic ring is 2. The maximum absolute atomic E-state index is 13.6. The number of aromatic nitrogens is 11. The van der Waals surface area contributed by atoms with Crippen LogP contribution >= 0.6 is 15.6 Å². The number of imidazole rings is 2. The molecule has 5 saturated heterocycles. The SMILES string of the molecule is NC[C@@H]1O[C@H](O[C@H]2[C@@H](O)[C@H](O[C@@H]3[C@@H](O)[C@H](N)C[C@H](N)[C@H]3O[C@H]3O[C@H](CN)[C@@H](O)[C@H](O)[C@H]3N)O[C@@H]2Cn2cc(CCCCOP(=O)([O-])OC[C@H]3O[C@@H](n4cnc5c(N)ncnc54)C[C@@H]3OP(=O)(O)OC[C@H]3O[C@@H](n4cnc5c(N)ncnc54)C[C@@H]3O)nn2)[C@H](N)[C@@H](O)[C@@H]1O. The number of anilines is 2. The number of fused-ring (bicyclic) bond motifs is 2. The minimum Gasteiger partial charge on any atom is -0.756 e. The van der Waals surface area contributed by atoms with Gasteiger partial charge >= 0.3 is 7.82 Å². The Balaban J connectivity index is 0.699. The standard InChI is InChI=1S/C49H79N19O23P2/c50-8-23-35(71)37(73)30(54)47(85-23)88-40-20(53)5-19(52)34(70)42(40)90-49-39(75)41(89-48-31(55)38(74)36(72)24(9-51)86-48)25(87-49)11-66-10-18(64-65-66)3-1-2-4-80-92(76,77)81-13-27-22(7-29(84-27)68-17-63-33-44(57)59-15-61-46(33)68)91-93(78,79)82-12-26-21(69)6-28(83-26)67-16-62-32-43(56)58-14-60-45(32)67/h10,14-17,19-31,34-42,47-49,69-75H,1-9,11-13,50-55H2,(H,76,77)(H,78,79)(H2,56,58,60)(H2,57,59,61)/p-1/t19-,20+,21+,22+,23-,24+,25-,26-,27-,28-,29-,30-,31-,34+,35-,36-,37-,38-,39-,40-,41-,42-,47-,48-,49+/m1/s1. The number of hydrogen-bond acceptors (Lipinski definition) is 38. The summed E-state index contributed by atoms with van der Waals surface area (Å²) in [6, 6.07) is -4.62. The molecule has 6 fully saturated rings. The van der Waals surface area contributed by atoms with Gasteiger partial charge in [0.15, 0.2) is 41.8 Å². The highest BCUT2D eigenvalue weighted by atomic mass is 31.2. The van der Waals surface area contributed by atoms with Crippen LogP contribution in [0.15, 0.2) is 31.5 Å². The van der Waals surface area contributed by atoms with Crippen LogP contribution in [0.3, 0.4) is 0 Å². The summed E-state index contributed by atoms with van der Waals surface area (Å²) >= 11 is 0. The molecule has 0 radical (unpaired) electrons. The Bertz CT molecular complexity index is 3400. The van der Waals surface area contributed by atoms with Gasteiger partial charge in [-0.1, -0.05) is 5.21 Å². The van der Waals surface area contributed by atoms with Crippen LogP contribution in [0.5, 0.6) is 0 Å². The second kappa shape index (κ2) is 29.1. The smallest absolute Gasteiger partial charge is 0.472 e. The molecular weight excluding hydrogens is 1280 g/mol. The molecule has 42 nitrogen and oxygen atoms in total. The van der Waals surface area contributed by atoms with E-state index in [1.807, 2.05) is 0 Å². The normalized spacial score (nSPS) is 38.8. The van der Waals surface area contributed by atoms with Crippen molar-refractivity contribution in [2.75, 3.05) is 44.4 Å². The molecule has 93 heavy (non-hydrogen) atoms. The second-order valence-electron chi connectivity index (χ2n) is 23.4. The van der Waals surface area contributed by atoms with Crippen LogP contribution in [0.2, 0.25) is 0 Å². The summed E-state index contributed by atoms with van der Waals surface area (Å²) in [6.45, 7) is -2.45. The average molecular weight is 1360 g/mol. The third-order valence-corrected chi connectivity index (χ3v) is 19.0. The molecule has 5 aromatic heterocycles. The number of phosphoric acid groups is 2. The summed E-state index contributed by atoms with van der Waals surface area (Å²) in [5.41, 5.74) is 50.3. The van der Waals surface area contributed by atoms with E-state index in [4.69, 9.17) is 102 Å². The summed E-state index contributed by atoms with van der Waals surface area (Å²) in [5, 5.41) is 85.3. The first-order valence-corrected chi connectivity index (χ1v) is 32.7. The van der Waals surface area contributed by atoms with Crippen molar-refractivity contribution in [3.05, 3.63) is 37.2 Å². The van der Waals surface area contributed by atoms with Gasteiger partial charge in [-0.05, 0) is 25.7 Å². The first kappa shape index (κ1) is 69.6. The lowest BCUT2D eigenvalue weighted by molar-refractivity contribution is -0.306. The molecule has 0 bridgehead atoms. The van der Waals surface area contributed by atoms with E-state index in [0.717, 1.165) is 0 Å². The lowest BCUT2D eigenvalue weighted by Gasteiger charge is -2.47. The lowest BCUT2D eigenvalue weighted by atomic mass is 9.84. The van der Waals surface area contributed by atoms with Gasteiger partial charge in [0.2, 0.25) is 0 Å². The van der Waals surface area contributed by atoms with Crippen molar-refractivity contribution in [1.29, 1.82) is 0 Å². The molecule has 0 aromatic carbocycles. The zero-order valence-electron chi connectivity index (χ0n) is 49.4. The number of nitrogens with zero attached hydrogens (tertiary/aromatic N) is 11. The molecule has 11 rings (SSSR count). The van der Waals surface area contributed by atoms with Gasteiger partial charge in [-0.25, -0.2) is 39.2 Å². The molecule has 6 aliphatic rings. The van der Waals surface area contributed by atoms with Gasteiger partial charge in [-0.15, -0.1) is 5.10 Å². The Kier molecular flexibility index (Phi) is 21.8. The second-order valence-corrected chi connectivity index (χ2v) is 26.2. The molecule has 1 saturated carbocycles. The van der Waals surface area contributed by atoms with Gasteiger partial charge in [0.1, 0.15) is 122 Å². The Hall–Kier alpha value is -4.78. The molecular formula is C49H78N19O23P2-. The van der Waals surface area contributed by atoms with Crippen LogP contribution in [0.4, 0.5) is 11.6 Å². The number of unbranched alkanes of at least 4 members (excludes halogenated alkanes) is 1. The van der Waals surface area contributed by atoms with E-state index in [1.165, 1.54) is 45.3 Å². The van der Waals surface area contributed by atoms with Crippen LogP contribution in [-0.2, 0) is 78.1 Å². The fourth-order valence-electron chi connectivity index (χ4n) is 12.0. The number of rotatable bonds is 26. The van der Waals surface area contributed by atoms with E-state index >= 15 is 0 Å². The topological polar surface area (TPSA) is 656 Å². The number of aliphatic hydroxyl groups excluding tert-OH is 7. The van der Waals surface area contributed by atoms with Crippen LogP contribution in [-0.4, -0.2) is 268 Å². The van der Waals surface area contributed by atoms with E-state index in [0.29, 0.717) is 23.3 Å². The third-order valence-electron chi connectivity index (χ3n) is 17.1. The van der Waals surface area contributed by atoms with Crippen LogP contribution in [0, 0.1) is 0 Å². The summed E-state index contributed by atoms with van der Waals surface area (Å²) in [5.74, 6) is 0.182. The van der Waals surface area contributed by atoms with Gasteiger partial charge < -0.3 is 138 Å². The van der Waals surface area contributed by atoms with Crippen LogP contribution < -0.4 is 50.8 Å². The van der Waals surface area contributed by atoms with Crippen molar-refractivity contribution in [2.45, 2.75) is 198 Å². The lowest BCUT2D eigenvalue weighted by Crippen LogP contribution is -2.68. The minimum absolute atomic E-state index is 0.00684. The highest BCUT2D eigenvalue weighted by Crippen LogP contribution is 2.50. The highest BCUT2D eigenvalue weighted by molar-refractivity contribution is 7.47. The van der Waals surface area contributed by atoms with E-state index in [1.54, 1.807) is 0 Å². The zero-order chi connectivity index (χ0) is 66.4. The molecule has 5 aromatic rings. The van der Waals surface area contributed by atoms with E-state index in [9.17, 15) is 54.7 Å². The monoisotopic (exact) mass is 1360 g/mol. The number of hydrogen-bond donors (Lipinski definition) is 16. The summed E-state index contributed by atoms with van der Waals surface area (Å²) in [6.07, 6.45) is -21.1. The molecule has 1 aliphatic carbocycles. The molecule has 24 N–H and O–H groups in total. The predicted molar refractivity (Wildman–Crippen MR) is 307 cm³/mol. The number of ether oxygens (including phenoxy) is 8. The number of phosphoric ester groups is 2. The Morgan fingerprint density at radius 1 is 0.591 bits per heavy atom. The maximum atomic E-state index is 13.6. The number of aliphatic hydroxyl groups is 7. The van der Waals surface area contributed by atoms with E-state index < -0.39 is 182 Å². The Morgan fingerprint density at radius 2 is 1.15 bits per heavy atom. The van der Waals surface area contributed by atoms with Gasteiger partial charge in [0, 0.05) is 44.2 Å². The summed E-state index contributed by atoms with van der Waals surface area (Å²) < 4.78 is 101. The van der Waals surface area contributed by atoms with Crippen molar-refractivity contribution < 1.29 is 111 Å². The van der Waals surface area contributed by atoms with Gasteiger partial charge in [0.05, 0.1) is 69.0 Å². The molecule has 27 atom stereocenters. The predicted octanol–water partition coefficient (Wildman–Crippen LogP) is -8.49. The van der Waals surface area contributed by atoms with Crippen molar-refractivity contribution in [3.63, 3.8) is 0 Å². The molecule has 10 heterocycles. The zero-order valence-corrected chi connectivity index (χ0v) is 51.2. The van der Waals surface area contributed by atoms with Crippen molar-refractivity contribution in [2.24, 2.45) is 34.4 Å². The van der Waals surface area contributed by atoms with Gasteiger partial charge in [0.25, 0.3) is 7.82 Å². The molecule has 518 valence electrons. The van der Waals surface area contributed by atoms with Crippen LogP contribution in [0.25, 0.3) is 22.3 Å². The number of aryl methyl sites for hydroxylation is 1.